The highest BCUT2D eigenvalue weighted by atomic mass is 16.5. The number of fused-ring (bicyclic) bond motifs is 1. The van der Waals surface area contributed by atoms with E-state index in [1.165, 1.54) is 0 Å². The summed E-state index contributed by atoms with van der Waals surface area (Å²) in [4.78, 5) is 31.3. The van der Waals surface area contributed by atoms with Gasteiger partial charge in [-0.1, -0.05) is 48.5 Å². The number of ketones is 1. The SMILES string of the molecule is Cc1ccccc1C(=O)c1ccc(-c2nc3cc(OC(N)=O)ccc3[nH]2)cc1. The van der Waals surface area contributed by atoms with Crippen molar-refractivity contribution in [2.24, 2.45) is 5.73 Å². The third kappa shape index (κ3) is 3.35. The maximum Gasteiger partial charge on any atom is 0.409 e. The highest BCUT2D eigenvalue weighted by Gasteiger charge is 2.12. The Morgan fingerprint density at radius 3 is 2.46 bits per heavy atom. The topological polar surface area (TPSA) is 98.1 Å². The third-order valence-corrected chi connectivity index (χ3v) is 4.48. The normalized spacial score (nSPS) is 10.8. The minimum atomic E-state index is -0.871. The predicted octanol–water partition coefficient (Wildman–Crippen LogP) is 4.23. The van der Waals surface area contributed by atoms with Crippen LogP contribution < -0.4 is 10.5 Å². The number of nitrogens with zero attached hydrogens (tertiary/aromatic N) is 1. The summed E-state index contributed by atoms with van der Waals surface area (Å²) < 4.78 is 4.88. The molecule has 0 atom stereocenters. The van der Waals surface area contributed by atoms with E-state index in [1.54, 1.807) is 30.3 Å². The van der Waals surface area contributed by atoms with Crippen LogP contribution >= 0.6 is 0 Å². The molecular weight excluding hydrogens is 354 g/mol. The van der Waals surface area contributed by atoms with Crippen molar-refractivity contribution in [2.75, 3.05) is 0 Å². The zero-order chi connectivity index (χ0) is 19.7. The minimum absolute atomic E-state index is 0.0116. The highest BCUT2D eigenvalue weighted by Crippen LogP contribution is 2.25. The van der Waals surface area contributed by atoms with Gasteiger partial charge >= 0.3 is 6.09 Å². The van der Waals surface area contributed by atoms with Crippen LogP contribution in [0.4, 0.5) is 4.79 Å². The van der Waals surface area contributed by atoms with Crippen molar-refractivity contribution < 1.29 is 14.3 Å². The number of ether oxygens (including phenoxy) is 1. The van der Waals surface area contributed by atoms with Gasteiger partial charge in [0, 0.05) is 22.8 Å². The summed E-state index contributed by atoms with van der Waals surface area (Å²) >= 11 is 0. The number of aryl methyl sites for hydroxylation is 1. The lowest BCUT2D eigenvalue weighted by atomic mass is 9.98. The Labute approximate surface area is 161 Å². The van der Waals surface area contributed by atoms with E-state index in [1.807, 2.05) is 43.3 Å². The summed E-state index contributed by atoms with van der Waals surface area (Å²) in [6.07, 6.45) is -0.871. The van der Waals surface area contributed by atoms with Crippen LogP contribution in [0, 0.1) is 6.92 Å². The number of aromatic nitrogens is 2. The molecule has 0 spiro atoms. The lowest BCUT2D eigenvalue weighted by Crippen LogP contribution is -2.16. The molecule has 1 heterocycles. The van der Waals surface area contributed by atoms with Crippen molar-refractivity contribution in [3.05, 3.63) is 83.4 Å². The van der Waals surface area contributed by atoms with Gasteiger partial charge < -0.3 is 15.5 Å². The van der Waals surface area contributed by atoms with Gasteiger partial charge in [-0.25, -0.2) is 9.78 Å². The average molecular weight is 371 g/mol. The van der Waals surface area contributed by atoms with Crippen LogP contribution in [0.1, 0.15) is 21.5 Å². The molecule has 0 aliphatic carbocycles. The van der Waals surface area contributed by atoms with E-state index in [0.717, 1.165) is 16.6 Å². The Morgan fingerprint density at radius 1 is 1.00 bits per heavy atom. The second-order valence-electron chi connectivity index (χ2n) is 6.41. The molecule has 1 amide bonds. The van der Waals surface area contributed by atoms with E-state index in [-0.39, 0.29) is 5.78 Å². The van der Waals surface area contributed by atoms with Gasteiger partial charge in [0.05, 0.1) is 11.0 Å². The first-order valence-electron chi connectivity index (χ1n) is 8.69. The third-order valence-electron chi connectivity index (χ3n) is 4.48. The van der Waals surface area contributed by atoms with Crippen LogP contribution in [0.3, 0.4) is 0 Å². The molecule has 3 aromatic carbocycles. The maximum absolute atomic E-state index is 12.7. The first-order valence-corrected chi connectivity index (χ1v) is 8.69. The van der Waals surface area contributed by atoms with Crippen molar-refractivity contribution in [2.45, 2.75) is 6.92 Å². The van der Waals surface area contributed by atoms with Gasteiger partial charge in [-0.15, -0.1) is 0 Å². The molecule has 0 aliphatic rings. The standard InChI is InChI=1S/C22H17N3O3/c1-13-4-2-3-5-17(13)20(26)14-6-8-15(9-7-14)21-24-18-11-10-16(28-22(23)27)12-19(18)25-21/h2-12H,1H3,(H2,23,27)(H,24,25). The van der Waals surface area contributed by atoms with Crippen LogP contribution in [0.5, 0.6) is 5.75 Å². The number of benzene rings is 3. The van der Waals surface area contributed by atoms with Crippen LogP contribution in [0.2, 0.25) is 0 Å². The van der Waals surface area contributed by atoms with Crippen molar-refractivity contribution >= 4 is 22.9 Å². The molecule has 0 saturated carbocycles. The quantitative estimate of drug-likeness (QED) is 0.525. The Kier molecular flexibility index (Phi) is 4.37. The van der Waals surface area contributed by atoms with Crippen LogP contribution in [0.25, 0.3) is 22.4 Å². The number of H-pyrrole nitrogens is 1. The Morgan fingerprint density at radius 2 is 1.75 bits per heavy atom. The maximum atomic E-state index is 12.7. The number of carbonyl (C=O) groups is 2. The molecule has 4 aromatic rings. The fraction of sp³-hybridized carbons (Fsp3) is 0.0455. The summed E-state index contributed by atoms with van der Waals surface area (Å²) in [6.45, 7) is 1.92. The molecule has 0 fully saturated rings. The first-order chi connectivity index (χ1) is 13.5. The van der Waals surface area contributed by atoms with Crippen molar-refractivity contribution in [3.63, 3.8) is 0 Å². The van der Waals surface area contributed by atoms with Crippen LogP contribution in [-0.4, -0.2) is 21.8 Å². The number of nitrogens with two attached hydrogens (primary N) is 1. The van der Waals surface area contributed by atoms with Gasteiger partial charge in [0.25, 0.3) is 0 Å². The molecule has 3 N–H and O–H groups in total. The molecule has 1 aromatic heterocycles. The summed E-state index contributed by atoms with van der Waals surface area (Å²) in [6, 6.07) is 19.8. The van der Waals surface area contributed by atoms with Crippen LogP contribution in [0.15, 0.2) is 66.7 Å². The molecule has 4 rings (SSSR count). The zero-order valence-electron chi connectivity index (χ0n) is 15.1. The monoisotopic (exact) mass is 371 g/mol. The van der Waals surface area contributed by atoms with Gasteiger partial charge in [0.2, 0.25) is 0 Å². The van der Waals surface area contributed by atoms with Crippen molar-refractivity contribution in [1.82, 2.24) is 9.97 Å². The first kappa shape index (κ1) is 17.5. The van der Waals surface area contributed by atoms with E-state index in [2.05, 4.69) is 9.97 Å². The zero-order valence-corrected chi connectivity index (χ0v) is 15.1. The summed E-state index contributed by atoms with van der Waals surface area (Å²) in [5.41, 5.74) is 9.58. The molecule has 0 unspecified atom stereocenters. The number of nitrogens with one attached hydrogen (secondary N) is 1. The largest absolute Gasteiger partial charge is 0.410 e. The molecule has 138 valence electrons. The van der Waals surface area contributed by atoms with E-state index in [0.29, 0.717) is 28.2 Å². The molecular formula is C22H17N3O3. The predicted molar refractivity (Wildman–Crippen MR) is 106 cm³/mol. The van der Waals surface area contributed by atoms with E-state index in [4.69, 9.17) is 10.5 Å². The summed E-state index contributed by atoms with van der Waals surface area (Å²) in [5.74, 6) is 0.973. The molecule has 0 aliphatic heterocycles. The molecule has 0 radical (unpaired) electrons. The highest BCUT2D eigenvalue weighted by molar-refractivity contribution is 6.10. The smallest absolute Gasteiger partial charge is 0.409 e. The Balaban J connectivity index is 1.62. The number of carbonyl (C=O) groups excluding carboxylic acids is 2. The average Bonchev–Trinajstić information content (AvgIpc) is 3.11. The minimum Gasteiger partial charge on any atom is -0.410 e. The molecule has 0 bridgehead atoms. The second-order valence-corrected chi connectivity index (χ2v) is 6.41. The molecule has 28 heavy (non-hydrogen) atoms. The molecule has 6 heteroatoms. The number of hydrogen-bond acceptors (Lipinski definition) is 4. The van der Waals surface area contributed by atoms with Crippen LogP contribution in [-0.2, 0) is 0 Å². The number of aromatic amines is 1. The second kappa shape index (κ2) is 7.00. The summed E-state index contributed by atoms with van der Waals surface area (Å²) in [7, 11) is 0. The van der Waals surface area contributed by atoms with Crippen molar-refractivity contribution in [3.8, 4) is 17.1 Å². The fourth-order valence-electron chi connectivity index (χ4n) is 3.06. The van der Waals surface area contributed by atoms with Gasteiger partial charge in [-0.2, -0.15) is 0 Å². The van der Waals surface area contributed by atoms with Gasteiger partial charge in [-0.05, 0) is 24.6 Å². The fourth-order valence-corrected chi connectivity index (χ4v) is 3.06. The number of primary amides is 1. The Hall–Kier alpha value is -3.93. The molecule has 6 nitrogen and oxygen atoms in total. The van der Waals surface area contributed by atoms with E-state index < -0.39 is 6.09 Å². The summed E-state index contributed by atoms with van der Waals surface area (Å²) in [5, 5.41) is 0. The van der Waals surface area contributed by atoms with E-state index >= 15 is 0 Å². The lowest BCUT2D eigenvalue weighted by molar-refractivity contribution is 0.103. The number of rotatable bonds is 4. The van der Waals surface area contributed by atoms with Gasteiger partial charge in [-0.3, -0.25) is 4.79 Å². The number of imidazole rings is 1. The Bertz CT molecular complexity index is 1190. The van der Waals surface area contributed by atoms with E-state index in [9.17, 15) is 9.59 Å². The lowest BCUT2D eigenvalue weighted by Gasteiger charge is -2.05. The number of hydrogen-bond donors (Lipinski definition) is 2. The van der Waals surface area contributed by atoms with Gasteiger partial charge in [0.15, 0.2) is 5.78 Å². The van der Waals surface area contributed by atoms with Crippen molar-refractivity contribution in [1.29, 1.82) is 0 Å². The number of amides is 1. The molecule has 0 saturated heterocycles. The van der Waals surface area contributed by atoms with Gasteiger partial charge in [0.1, 0.15) is 11.6 Å².